The molecule has 0 amide bonds. The Bertz CT molecular complexity index is 417. The molecule has 104 valence electrons. The molecule has 0 aliphatic heterocycles. The van der Waals surface area contributed by atoms with Crippen molar-refractivity contribution in [2.75, 3.05) is 0 Å². The highest BCUT2D eigenvalue weighted by Gasteiger charge is 2.09. The van der Waals surface area contributed by atoms with Gasteiger partial charge in [-0.15, -0.1) is 0 Å². The number of unbranched alkanes of at least 4 members (excludes halogenated alkanes) is 5. The Morgan fingerprint density at radius 1 is 1.11 bits per heavy atom. The minimum Gasteiger partial charge on any atom is -0.294 e. The van der Waals surface area contributed by atoms with Gasteiger partial charge in [0.2, 0.25) is 0 Å². The Morgan fingerprint density at radius 3 is 2.47 bits per heavy atom. The number of hydrogen-bond acceptors (Lipinski definition) is 1. The van der Waals surface area contributed by atoms with E-state index in [0.717, 1.165) is 18.4 Å². The van der Waals surface area contributed by atoms with Gasteiger partial charge in [0.15, 0.2) is 5.78 Å². The van der Waals surface area contributed by atoms with Crippen molar-refractivity contribution in [2.24, 2.45) is 0 Å². The summed E-state index contributed by atoms with van der Waals surface area (Å²) in [6.45, 7) is 8.20. The fourth-order valence-electron chi connectivity index (χ4n) is 2.21. The van der Waals surface area contributed by atoms with Crippen LogP contribution >= 0.6 is 0 Å². The van der Waals surface area contributed by atoms with Crippen molar-refractivity contribution in [3.8, 4) is 0 Å². The zero-order valence-corrected chi connectivity index (χ0v) is 12.4. The third-order valence-electron chi connectivity index (χ3n) is 3.46. The van der Waals surface area contributed by atoms with E-state index in [1.807, 2.05) is 31.2 Å². The van der Waals surface area contributed by atoms with E-state index in [4.69, 9.17) is 0 Å². The van der Waals surface area contributed by atoms with Gasteiger partial charge in [0.05, 0.1) is 0 Å². The maximum Gasteiger partial charge on any atom is 0.162 e. The van der Waals surface area contributed by atoms with Crippen LogP contribution in [0.2, 0.25) is 0 Å². The van der Waals surface area contributed by atoms with E-state index in [1.165, 1.54) is 31.2 Å². The van der Waals surface area contributed by atoms with Crippen molar-refractivity contribution in [3.63, 3.8) is 0 Å². The number of allylic oxidation sites excluding steroid dienone is 1. The molecule has 0 unspecified atom stereocenters. The molecule has 0 saturated carbocycles. The standard InChI is InChI=1S/C18H26O/c1-4-5-6-7-8-9-13-18(19)16(3)17-12-10-11-15(2)14-17/h10-12,14H,3-9,13H2,1-2H3. The molecule has 0 fully saturated rings. The summed E-state index contributed by atoms with van der Waals surface area (Å²) in [5.41, 5.74) is 2.80. The van der Waals surface area contributed by atoms with Gasteiger partial charge in [-0.2, -0.15) is 0 Å². The van der Waals surface area contributed by atoms with Crippen LogP contribution in [-0.2, 0) is 4.79 Å². The number of ketones is 1. The highest BCUT2D eigenvalue weighted by Crippen LogP contribution is 2.18. The average Bonchev–Trinajstić information content (AvgIpc) is 2.41. The lowest BCUT2D eigenvalue weighted by Gasteiger charge is -2.06. The fourth-order valence-corrected chi connectivity index (χ4v) is 2.21. The quantitative estimate of drug-likeness (QED) is 0.432. The zero-order valence-electron chi connectivity index (χ0n) is 12.4. The van der Waals surface area contributed by atoms with Crippen LogP contribution in [0.4, 0.5) is 0 Å². The Hall–Kier alpha value is -1.37. The van der Waals surface area contributed by atoms with Gasteiger partial charge in [-0.05, 0) is 18.9 Å². The number of Topliss-reactive ketones (excluding diaryl/α,β-unsaturated/α-hetero) is 1. The predicted octanol–water partition coefficient (Wildman–Crippen LogP) is 5.33. The minimum atomic E-state index is 0.195. The van der Waals surface area contributed by atoms with Crippen LogP contribution in [0.1, 0.15) is 63.0 Å². The summed E-state index contributed by atoms with van der Waals surface area (Å²) in [6.07, 6.45) is 7.91. The van der Waals surface area contributed by atoms with Crippen LogP contribution in [0.25, 0.3) is 5.57 Å². The summed E-state index contributed by atoms with van der Waals surface area (Å²) in [5, 5.41) is 0. The molecule has 0 aromatic heterocycles. The average molecular weight is 258 g/mol. The summed E-state index contributed by atoms with van der Waals surface area (Å²) in [6, 6.07) is 8.01. The second kappa shape index (κ2) is 8.68. The smallest absolute Gasteiger partial charge is 0.162 e. The lowest BCUT2D eigenvalue weighted by atomic mass is 9.98. The molecule has 0 bridgehead atoms. The first-order valence-corrected chi connectivity index (χ1v) is 7.44. The maximum absolute atomic E-state index is 12.0. The Balaban J connectivity index is 2.31. The number of aryl methyl sites for hydroxylation is 1. The van der Waals surface area contributed by atoms with Gasteiger partial charge in [-0.1, -0.05) is 75.4 Å². The number of benzene rings is 1. The molecule has 1 aromatic carbocycles. The summed E-state index contributed by atoms with van der Waals surface area (Å²) in [7, 11) is 0. The van der Waals surface area contributed by atoms with Gasteiger partial charge in [-0.25, -0.2) is 0 Å². The number of hydrogen-bond donors (Lipinski definition) is 0. The summed E-state index contributed by atoms with van der Waals surface area (Å²) in [4.78, 5) is 12.0. The largest absolute Gasteiger partial charge is 0.294 e. The molecule has 1 rings (SSSR count). The molecule has 0 spiro atoms. The molecule has 1 heteroatoms. The van der Waals surface area contributed by atoms with Crippen molar-refractivity contribution < 1.29 is 4.79 Å². The van der Waals surface area contributed by atoms with E-state index in [9.17, 15) is 4.79 Å². The molecular weight excluding hydrogens is 232 g/mol. The van der Waals surface area contributed by atoms with Gasteiger partial charge in [0.25, 0.3) is 0 Å². The van der Waals surface area contributed by atoms with Crippen LogP contribution in [0, 0.1) is 6.92 Å². The summed E-state index contributed by atoms with van der Waals surface area (Å²) in [5.74, 6) is 0.195. The molecule has 0 atom stereocenters. The van der Waals surface area contributed by atoms with Crippen molar-refractivity contribution >= 4 is 11.4 Å². The van der Waals surface area contributed by atoms with Crippen molar-refractivity contribution in [1.29, 1.82) is 0 Å². The molecule has 0 aliphatic carbocycles. The van der Waals surface area contributed by atoms with Gasteiger partial charge in [-0.3, -0.25) is 4.79 Å². The third kappa shape index (κ3) is 5.87. The second-order valence-corrected chi connectivity index (χ2v) is 5.29. The summed E-state index contributed by atoms with van der Waals surface area (Å²) >= 11 is 0. The first-order valence-electron chi connectivity index (χ1n) is 7.44. The highest BCUT2D eigenvalue weighted by atomic mass is 16.1. The molecule has 0 N–H and O–H groups in total. The van der Waals surface area contributed by atoms with E-state index < -0.39 is 0 Å². The number of rotatable bonds is 9. The number of carbonyl (C=O) groups excluding carboxylic acids is 1. The van der Waals surface area contributed by atoms with E-state index in [-0.39, 0.29) is 5.78 Å². The fraction of sp³-hybridized carbons (Fsp3) is 0.500. The highest BCUT2D eigenvalue weighted by molar-refractivity contribution is 6.19. The monoisotopic (exact) mass is 258 g/mol. The molecule has 0 heterocycles. The molecule has 0 saturated heterocycles. The van der Waals surface area contributed by atoms with Gasteiger partial charge in [0.1, 0.15) is 0 Å². The first-order chi connectivity index (χ1) is 9.15. The topological polar surface area (TPSA) is 17.1 Å². The van der Waals surface area contributed by atoms with Crippen molar-refractivity contribution in [3.05, 3.63) is 42.0 Å². The Labute approximate surface area is 117 Å². The van der Waals surface area contributed by atoms with Crippen molar-refractivity contribution in [1.82, 2.24) is 0 Å². The lowest BCUT2D eigenvalue weighted by Crippen LogP contribution is -2.00. The predicted molar refractivity (Wildman–Crippen MR) is 83.2 cm³/mol. The van der Waals surface area contributed by atoms with E-state index in [0.29, 0.717) is 12.0 Å². The van der Waals surface area contributed by atoms with Crippen LogP contribution in [-0.4, -0.2) is 5.78 Å². The third-order valence-corrected chi connectivity index (χ3v) is 3.46. The zero-order chi connectivity index (χ0) is 14.1. The van der Waals surface area contributed by atoms with Gasteiger partial charge < -0.3 is 0 Å². The minimum absolute atomic E-state index is 0.195. The van der Waals surface area contributed by atoms with Crippen LogP contribution in [0.5, 0.6) is 0 Å². The molecular formula is C18H26O. The van der Waals surface area contributed by atoms with Crippen LogP contribution < -0.4 is 0 Å². The molecule has 1 aromatic rings. The molecule has 1 nitrogen and oxygen atoms in total. The van der Waals surface area contributed by atoms with Crippen molar-refractivity contribution in [2.45, 2.75) is 58.8 Å². The van der Waals surface area contributed by atoms with E-state index in [1.54, 1.807) is 0 Å². The SMILES string of the molecule is C=C(C(=O)CCCCCCCC)c1cccc(C)c1. The second-order valence-electron chi connectivity index (χ2n) is 5.29. The Kier molecular flexibility index (Phi) is 7.17. The first kappa shape index (κ1) is 15.7. The summed E-state index contributed by atoms with van der Waals surface area (Å²) < 4.78 is 0. The van der Waals surface area contributed by atoms with Gasteiger partial charge >= 0.3 is 0 Å². The number of carbonyl (C=O) groups is 1. The van der Waals surface area contributed by atoms with E-state index >= 15 is 0 Å². The molecule has 19 heavy (non-hydrogen) atoms. The van der Waals surface area contributed by atoms with Crippen LogP contribution in [0.15, 0.2) is 30.8 Å². The van der Waals surface area contributed by atoms with Gasteiger partial charge in [0, 0.05) is 12.0 Å². The maximum atomic E-state index is 12.0. The molecule has 0 aliphatic rings. The van der Waals surface area contributed by atoms with E-state index in [2.05, 4.69) is 13.5 Å². The normalized spacial score (nSPS) is 10.4. The molecule has 0 radical (unpaired) electrons. The lowest BCUT2D eigenvalue weighted by molar-refractivity contribution is -0.113. The Morgan fingerprint density at radius 2 is 1.79 bits per heavy atom. The van der Waals surface area contributed by atoms with Crippen LogP contribution in [0.3, 0.4) is 0 Å².